The summed E-state index contributed by atoms with van der Waals surface area (Å²) in [5.41, 5.74) is 1.77. The smallest absolute Gasteiger partial charge is 0.322 e. The first-order valence-electron chi connectivity index (χ1n) is 11.7. The van der Waals surface area contributed by atoms with Gasteiger partial charge >= 0.3 is 6.03 Å². The summed E-state index contributed by atoms with van der Waals surface area (Å²) in [7, 11) is 0. The molecule has 1 atom stereocenters. The summed E-state index contributed by atoms with van der Waals surface area (Å²) in [6.07, 6.45) is 1.61. The van der Waals surface area contributed by atoms with Crippen LogP contribution in [0.2, 0.25) is 0 Å². The van der Waals surface area contributed by atoms with Crippen LogP contribution in [0.25, 0.3) is 0 Å². The van der Waals surface area contributed by atoms with Gasteiger partial charge in [0.15, 0.2) is 0 Å². The van der Waals surface area contributed by atoms with E-state index in [0.29, 0.717) is 35.2 Å². The molecule has 0 aromatic heterocycles. The van der Waals surface area contributed by atoms with Crippen molar-refractivity contribution in [3.05, 3.63) is 84.1 Å². The number of rotatable bonds is 9. The molecule has 2 aliphatic rings. The first kappa shape index (κ1) is 24.1. The van der Waals surface area contributed by atoms with Crippen LogP contribution < -0.4 is 15.4 Å². The predicted molar refractivity (Wildman–Crippen MR) is 133 cm³/mol. The lowest BCUT2D eigenvalue weighted by atomic mass is 9.95. The number of carbonyl (C=O) groups excluding carboxylic acids is 3. The maximum absolute atomic E-state index is 13.5. The van der Waals surface area contributed by atoms with Gasteiger partial charge in [-0.3, -0.25) is 14.5 Å². The van der Waals surface area contributed by atoms with Gasteiger partial charge in [0.2, 0.25) is 5.91 Å². The lowest BCUT2D eigenvalue weighted by Crippen LogP contribution is -2.47. The molecule has 2 aromatic carbocycles. The van der Waals surface area contributed by atoms with E-state index in [1.54, 1.807) is 6.08 Å². The second-order valence-electron chi connectivity index (χ2n) is 8.99. The van der Waals surface area contributed by atoms with Gasteiger partial charge in [-0.15, -0.1) is 6.58 Å². The van der Waals surface area contributed by atoms with Crippen LogP contribution in [0.3, 0.4) is 0 Å². The Morgan fingerprint density at radius 3 is 2.63 bits per heavy atom. The standard InChI is InChI=1S/C27H30N4O4/c1-4-13-31-22-16-30(17-23(32)28-15-18(2)3)26(33)24(22)25(29-27(31)34)19-9-8-12-21(14-19)35-20-10-6-5-7-11-20/h4-12,14,18,25H,1,13,15-17H2,2-3H3,(H,28,32)(H,29,34). The Morgan fingerprint density at radius 2 is 1.91 bits per heavy atom. The van der Waals surface area contributed by atoms with Gasteiger partial charge in [0.25, 0.3) is 5.91 Å². The topological polar surface area (TPSA) is 91.0 Å². The van der Waals surface area contributed by atoms with Crippen molar-refractivity contribution in [1.29, 1.82) is 0 Å². The lowest BCUT2D eigenvalue weighted by Gasteiger charge is -2.33. The van der Waals surface area contributed by atoms with Crippen molar-refractivity contribution in [2.45, 2.75) is 19.9 Å². The van der Waals surface area contributed by atoms with Crippen LogP contribution in [-0.4, -0.2) is 53.8 Å². The minimum absolute atomic E-state index is 0.0709. The number of para-hydroxylation sites is 1. The molecular formula is C27H30N4O4. The van der Waals surface area contributed by atoms with E-state index in [1.165, 1.54) is 9.80 Å². The molecule has 0 fully saturated rings. The molecule has 182 valence electrons. The van der Waals surface area contributed by atoms with Gasteiger partial charge in [0.1, 0.15) is 18.0 Å². The van der Waals surface area contributed by atoms with Crippen molar-refractivity contribution in [3.8, 4) is 11.5 Å². The first-order chi connectivity index (χ1) is 16.9. The van der Waals surface area contributed by atoms with Gasteiger partial charge in [0, 0.05) is 13.1 Å². The van der Waals surface area contributed by atoms with Crippen LogP contribution in [0.4, 0.5) is 4.79 Å². The molecule has 8 nitrogen and oxygen atoms in total. The number of urea groups is 1. The number of benzene rings is 2. The van der Waals surface area contributed by atoms with Crippen LogP contribution >= 0.6 is 0 Å². The molecule has 4 rings (SSSR count). The molecule has 0 bridgehead atoms. The van der Waals surface area contributed by atoms with Crippen LogP contribution in [0.1, 0.15) is 25.5 Å². The van der Waals surface area contributed by atoms with Crippen molar-refractivity contribution in [2.24, 2.45) is 5.92 Å². The van der Waals surface area contributed by atoms with E-state index in [0.717, 1.165) is 5.56 Å². The highest BCUT2D eigenvalue weighted by molar-refractivity contribution is 6.03. The van der Waals surface area contributed by atoms with Gasteiger partial charge < -0.3 is 20.3 Å². The zero-order chi connectivity index (χ0) is 24.9. The molecule has 0 aliphatic carbocycles. The quantitative estimate of drug-likeness (QED) is 0.544. The molecule has 2 heterocycles. The fourth-order valence-corrected chi connectivity index (χ4v) is 4.18. The largest absolute Gasteiger partial charge is 0.457 e. The minimum Gasteiger partial charge on any atom is -0.457 e. The Bertz CT molecular complexity index is 1160. The van der Waals surface area contributed by atoms with Gasteiger partial charge in [-0.2, -0.15) is 0 Å². The number of hydrogen-bond donors (Lipinski definition) is 2. The second-order valence-corrected chi connectivity index (χ2v) is 8.99. The Labute approximate surface area is 205 Å². The summed E-state index contributed by atoms with van der Waals surface area (Å²) in [5.74, 6) is 1.09. The molecule has 0 radical (unpaired) electrons. The Kier molecular flexibility index (Phi) is 7.19. The zero-order valence-corrected chi connectivity index (χ0v) is 20.0. The van der Waals surface area contributed by atoms with Gasteiger partial charge in [-0.25, -0.2) is 4.79 Å². The van der Waals surface area contributed by atoms with Crippen molar-refractivity contribution in [3.63, 3.8) is 0 Å². The predicted octanol–water partition coefficient (Wildman–Crippen LogP) is 3.60. The van der Waals surface area contributed by atoms with E-state index in [1.807, 2.05) is 68.4 Å². The summed E-state index contributed by atoms with van der Waals surface area (Å²) in [5, 5.41) is 5.80. The Balaban J connectivity index is 1.61. The molecule has 1 unspecified atom stereocenters. The minimum atomic E-state index is -0.658. The fraction of sp³-hybridized carbons (Fsp3) is 0.296. The van der Waals surface area contributed by atoms with Gasteiger partial charge in [0.05, 0.1) is 23.9 Å². The van der Waals surface area contributed by atoms with E-state index >= 15 is 0 Å². The molecule has 0 saturated heterocycles. The normalized spacial score (nSPS) is 17.4. The SMILES string of the molecule is C=CCN1C(=O)NC(c2cccc(Oc3ccccc3)c2)C2=C1CN(CC(=O)NCC(C)C)C2=O. The van der Waals surface area contributed by atoms with Gasteiger partial charge in [-0.05, 0) is 35.7 Å². The summed E-state index contributed by atoms with van der Waals surface area (Å²) < 4.78 is 5.95. The number of nitrogens with one attached hydrogen (secondary N) is 2. The molecule has 0 spiro atoms. The molecule has 2 aromatic rings. The molecule has 0 saturated carbocycles. The van der Waals surface area contributed by atoms with Crippen LogP contribution in [-0.2, 0) is 9.59 Å². The molecule has 2 aliphatic heterocycles. The van der Waals surface area contributed by atoms with Gasteiger partial charge in [-0.1, -0.05) is 50.3 Å². The van der Waals surface area contributed by atoms with Crippen molar-refractivity contribution in [1.82, 2.24) is 20.4 Å². The number of hydrogen-bond acceptors (Lipinski definition) is 4. The van der Waals surface area contributed by atoms with Crippen LogP contribution in [0.15, 0.2) is 78.5 Å². The summed E-state index contributed by atoms with van der Waals surface area (Å²) >= 11 is 0. The highest BCUT2D eigenvalue weighted by Crippen LogP contribution is 2.37. The maximum Gasteiger partial charge on any atom is 0.322 e. The summed E-state index contributed by atoms with van der Waals surface area (Å²) in [6, 6.07) is 15.7. The van der Waals surface area contributed by atoms with E-state index in [9.17, 15) is 14.4 Å². The Morgan fingerprint density at radius 1 is 1.17 bits per heavy atom. The third kappa shape index (κ3) is 5.37. The molecule has 35 heavy (non-hydrogen) atoms. The van der Waals surface area contributed by atoms with Crippen LogP contribution in [0.5, 0.6) is 11.5 Å². The fourth-order valence-electron chi connectivity index (χ4n) is 4.18. The molecule has 8 heteroatoms. The lowest BCUT2D eigenvalue weighted by molar-refractivity contribution is -0.132. The second kappa shape index (κ2) is 10.5. The number of nitrogens with zero attached hydrogens (tertiary/aromatic N) is 2. The van der Waals surface area contributed by atoms with Crippen molar-refractivity contribution >= 4 is 17.8 Å². The number of ether oxygens (including phenoxy) is 1. The summed E-state index contributed by atoms with van der Waals surface area (Å²) in [6.45, 7) is 8.65. The first-order valence-corrected chi connectivity index (χ1v) is 11.7. The average molecular weight is 475 g/mol. The highest BCUT2D eigenvalue weighted by Gasteiger charge is 2.44. The van der Waals surface area contributed by atoms with Crippen molar-refractivity contribution in [2.75, 3.05) is 26.2 Å². The monoisotopic (exact) mass is 474 g/mol. The summed E-state index contributed by atoms with van der Waals surface area (Å²) in [4.78, 5) is 41.9. The van der Waals surface area contributed by atoms with Crippen molar-refractivity contribution < 1.29 is 19.1 Å². The van der Waals surface area contributed by atoms with E-state index in [2.05, 4.69) is 17.2 Å². The zero-order valence-electron chi connectivity index (χ0n) is 20.0. The van der Waals surface area contributed by atoms with E-state index < -0.39 is 6.04 Å². The van der Waals surface area contributed by atoms with E-state index in [-0.39, 0.29) is 37.5 Å². The molecule has 4 amide bonds. The number of carbonyl (C=O) groups is 3. The Hall–Kier alpha value is -4.07. The third-order valence-electron chi connectivity index (χ3n) is 5.82. The van der Waals surface area contributed by atoms with Crippen LogP contribution in [0, 0.1) is 5.92 Å². The molecule has 2 N–H and O–H groups in total. The van der Waals surface area contributed by atoms with E-state index in [4.69, 9.17) is 4.74 Å². The number of amides is 4. The highest BCUT2D eigenvalue weighted by atomic mass is 16.5. The average Bonchev–Trinajstić information content (AvgIpc) is 3.16. The maximum atomic E-state index is 13.5. The third-order valence-corrected chi connectivity index (χ3v) is 5.82. The molecular weight excluding hydrogens is 444 g/mol.